The lowest BCUT2D eigenvalue weighted by atomic mass is 10.1. The predicted octanol–water partition coefficient (Wildman–Crippen LogP) is 5.54. The summed E-state index contributed by atoms with van der Waals surface area (Å²) in [4.78, 5) is 4.62. The number of aliphatic imine (C=N–C) groups is 1. The molecule has 3 aromatic carbocycles. The van der Waals surface area contributed by atoms with Gasteiger partial charge in [-0.1, -0.05) is 30.3 Å². The van der Waals surface area contributed by atoms with Crippen LogP contribution in [0.25, 0.3) is 16.6 Å². The van der Waals surface area contributed by atoms with Crippen molar-refractivity contribution in [2.24, 2.45) is 4.99 Å². The maximum Gasteiger partial charge on any atom is 0.153 e. The van der Waals surface area contributed by atoms with E-state index in [9.17, 15) is 0 Å². The molecule has 1 fully saturated rings. The molecule has 0 bridgehead atoms. The Morgan fingerprint density at radius 3 is 2.68 bits per heavy atom. The molecule has 28 heavy (non-hydrogen) atoms. The molecule has 0 saturated carbocycles. The van der Waals surface area contributed by atoms with E-state index in [4.69, 9.17) is 9.84 Å². The third-order valence-electron chi connectivity index (χ3n) is 5.14. The van der Waals surface area contributed by atoms with Crippen LogP contribution in [0.15, 0.2) is 71.7 Å². The minimum atomic E-state index is 0.690. The Morgan fingerprint density at radius 2 is 1.82 bits per heavy atom. The third kappa shape index (κ3) is 2.70. The smallest absolute Gasteiger partial charge is 0.153 e. The van der Waals surface area contributed by atoms with Gasteiger partial charge in [0.15, 0.2) is 5.75 Å². The second-order valence-electron chi connectivity index (χ2n) is 7.09. The van der Waals surface area contributed by atoms with Gasteiger partial charge in [-0.3, -0.25) is 4.99 Å². The highest BCUT2D eigenvalue weighted by atomic mass is 32.2. The SMILES string of the molecule is C1=Nc2ccccc2Oc2cc3c(cc21)c(CC1CS1)nn3-c1ccccc1. The molecule has 0 amide bonds. The summed E-state index contributed by atoms with van der Waals surface area (Å²) in [6, 6.07) is 22.4. The van der Waals surface area contributed by atoms with Crippen molar-refractivity contribution in [2.45, 2.75) is 11.7 Å². The zero-order chi connectivity index (χ0) is 18.5. The van der Waals surface area contributed by atoms with Gasteiger partial charge in [-0.25, -0.2) is 4.68 Å². The quantitative estimate of drug-likeness (QED) is 0.384. The van der Waals surface area contributed by atoms with E-state index in [1.54, 1.807) is 0 Å². The Balaban J connectivity index is 1.57. The van der Waals surface area contributed by atoms with Crippen molar-refractivity contribution >= 4 is 34.6 Å². The number of rotatable bonds is 3. The highest BCUT2D eigenvalue weighted by Gasteiger charge is 2.26. The number of ether oxygens (including phenoxy) is 1. The second-order valence-corrected chi connectivity index (χ2v) is 8.42. The molecule has 2 aliphatic heterocycles. The van der Waals surface area contributed by atoms with Gasteiger partial charge >= 0.3 is 0 Å². The normalized spacial score (nSPS) is 16.9. The zero-order valence-electron chi connectivity index (χ0n) is 15.1. The molecule has 136 valence electrons. The molecule has 5 heteroatoms. The lowest BCUT2D eigenvalue weighted by Gasteiger charge is -2.09. The van der Waals surface area contributed by atoms with Gasteiger partial charge in [0.05, 0.1) is 16.9 Å². The van der Waals surface area contributed by atoms with Crippen molar-refractivity contribution < 1.29 is 4.74 Å². The second kappa shape index (κ2) is 6.24. The van der Waals surface area contributed by atoms with Crippen LogP contribution in [0, 0.1) is 0 Å². The lowest BCUT2D eigenvalue weighted by molar-refractivity contribution is 0.485. The molecule has 1 saturated heterocycles. The fraction of sp³-hybridized carbons (Fsp3) is 0.130. The van der Waals surface area contributed by atoms with Crippen LogP contribution < -0.4 is 4.74 Å². The Morgan fingerprint density at radius 1 is 1.00 bits per heavy atom. The van der Waals surface area contributed by atoms with Gasteiger partial charge in [0.1, 0.15) is 11.4 Å². The van der Waals surface area contributed by atoms with E-state index in [-0.39, 0.29) is 0 Å². The van der Waals surface area contributed by atoms with Gasteiger partial charge in [0, 0.05) is 40.7 Å². The van der Waals surface area contributed by atoms with Gasteiger partial charge < -0.3 is 4.74 Å². The summed E-state index contributed by atoms with van der Waals surface area (Å²) in [6.07, 6.45) is 2.90. The van der Waals surface area contributed by atoms with Crippen LogP contribution >= 0.6 is 11.8 Å². The number of fused-ring (bicyclic) bond motifs is 3. The number of benzene rings is 3. The number of thioether (sulfide) groups is 1. The van der Waals surface area contributed by atoms with Crippen LogP contribution in [0.1, 0.15) is 11.3 Å². The van der Waals surface area contributed by atoms with Crippen molar-refractivity contribution in [3.05, 3.63) is 78.0 Å². The summed E-state index contributed by atoms with van der Waals surface area (Å²) in [5.74, 6) is 2.81. The van der Waals surface area contributed by atoms with Gasteiger partial charge in [0.2, 0.25) is 0 Å². The molecular formula is C23H17N3OS. The molecule has 0 N–H and O–H groups in total. The standard InChI is InChI=1S/C23H17N3OS/c1-2-6-16(7-3-1)26-21-12-23-15(10-18(21)20(25-26)11-17-14-28-17)13-24-19-8-4-5-9-22(19)27-23/h1-10,12-13,17H,11,14H2. The maximum atomic E-state index is 6.23. The summed E-state index contributed by atoms with van der Waals surface area (Å²) in [5, 5.41) is 6.85. The van der Waals surface area contributed by atoms with E-state index < -0.39 is 0 Å². The first-order valence-electron chi connectivity index (χ1n) is 9.39. The van der Waals surface area contributed by atoms with Crippen molar-refractivity contribution in [2.75, 3.05) is 5.75 Å². The number of nitrogens with zero attached hydrogens (tertiary/aromatic N) is 3. The molecule has 4 nitrogen and oxygen atoms in total. The van der Waals surface area contributed by atoms with Crippen LogP contribution in [0.4, 0.5) is 5.69 Å². The molecular weight excluding hydrogens is 366 g/mol. The van der Waals surface area contributed by atoms with Gasteiger partial charge in [-0.05, 0) is 30.3 Å². The molecule has 0 aliphatic carbocycles. The van der Waals surface area contributed by atoms with E-state index in [1.807, 2.05) is 65.1 Å². The van der Waals surface area contributed by atoms with E-state index in [0.717, 1.165) is 46.1 Å². The minimum Gasteiger partial charge on any atom is -0.454 e. The minimum absolute atomic E-state index is 0.690. The first kappa shape index (κ1) is 16.0. The van der Waals surface area contributed by atoms with Crippen molar-refractivity contribution in [3.63, 3.8) is 0 Å². The number of hydrogen-bond donors (Lipinski definition) is 0. The average Bonchev–Trinajstić information content (AvgIpc) is 3.51. The van der Waals surface area contributed by atoms with Crippen LogP contribution in [-0.2, 0) is 6.42 Å². The topological polar surface area (TPSA) is 39.4 Å². The van der Waals surface area contributed by atoms with Crippen molar-refractivity contribution in [1.29, 1.82) is 0 Å². The Kier molecular flexibility index (Phi) is 3.56. The molecule has 2 aliphatic rings. The van der Waals surface area contributed by atoms with Crippen molar-refractivity contribution in [1.82, 2.24) is 9.78 Å². The molecule has 1 unspecified atom stereocenters. The van der Waals surface area contributed by atoms with Crippen molar-refractivity contribution in [3.8, 4) is 17.2 Å². The van der Waals surface area contributed by atoms with Gasteiger partial charge in [-0.2, -0.15) is 16.9 Å². The number of aromatic nitrogens is 2. The van der Waals surface area contributed by atoms with Crippen LogP contribution in [0.2, 0.25) is 0 Å². The monoisotopic (exact) mass is 383 g/mol. The van der Waals surface area contributed by atoms with E-state index >= 15 is 0 Å². The Hall–Kier alpha value is -3.05. The number of hydrogen-bond acceptors (Lipinski definition) is 4. The molecule has 0 radical (unpaired) electrons. The zero-order valence-corrected chi connectivity index (χ0v) is 15.9. The van der Waals surface area contributed by atoms with Crippen LogP contribution in [-0.4, -0.2) is 27.0 Å². The molecule has 6 rings (SSSR count). The molecule has 3 heterocycles. The summed E-state index contributed by atoms with van der Waals surface area (Å²) >= 11 is 2.00. The summed E-state index contributed by atoms with van der Waals surface area (Å²) < 4.78 is 8.27. The summed E-state index contributed by atoms with van der Waals surface area (Å²) in [7, 11) is 0. The van der Waals surface area contributed by atoms with Crippen LogP contribution in [0.3, 0.4) is 0 Å². The largest absolute Gasteiger partial charge is 0.454 e. The fourth-order valence-corrected chi connectivity index (χ4v) is 4.17. The lowest BCUT2D eigenvalue weighted by Crippen LogP contribution is -1.98. The average molecular weight is 383 g/mol. The molecule has 4 aromatic rings. The highest BCUT2D eigenvalue weighted by molar-refractivity contribution is 8.06. The van der Waals surface area contributed by atoms with Gasteiger partial charge in [-0.15, -0.1) is 0 Å². The predicted molar refractivity (Wildman–Crippen MR) is 115 cm³/mol. The molecule has 0 spiro atoms. The van der Waals surface area contributed by atoms with E-state index in [2.05, 4.69) is 29.3 Å². The molecule has 1 atom stereocenters. The Labute approximate surface area is 166 Å². The third-order valence-corrected chi connectivity index (χ3v) is 6.11. The highest BCUT2D eigenvalue weighted by Crippen LogP contribution is 2.40. The Bertz CT molecular complexity index is 1230. The summed E-state index contributed by atoms with van der Waals surface area (Å²) in [6.45, 7) is 0. The fourth-order valence-electron chi connectivity index (χ4n) is 3.64. The number of para-hydroxylation sites is 3. The van der Waals surface area contributed by atoms with Gasteiger partial charge in [0.25, 0.3) is 0 Å². The molecule has 1 aromatic heterocycles. The maximum absolute atomic E-state index is 6.23. The first-order chi connectivity index (χ1) is 13.8. The van der Waals surface area contributed by atoms with Crippen LogP contribution in [0.5, 0.6) is 11.5 Å². The van der Waals surface area contributed by atoms with E-state index in [1.165, 1.54) is 11.1 Å². The summed E-state index contributed by atoms with van der Waals surface area (Å²) in [5.41, 5.74) is 5.11. The van der Waals surface area contributed by atoms with E-state index in [0.29, 0.717) is 5.25 Å². The first-order valence-corrected chi connectivity index (χ1v) is 10.4.